The highest BCUT2D eigenvalue weighted by Gasteiger charge is 2.35. The van der Waals surface area contributed by atoms with Gasteiger partial charge in [0.2, 0.25) is 0 Å². The van der Waals surface area contributed by atoms with Crippen molar-refractivity contribution in [2.24, 2.45) is 0 Å². The van der Waals surface area contributed by atoms with E-state index >= 15 is 0 Å². The Kier molecular flexibility index (Phi) is 6.27. The van der Waals surface area contributed by atoms with Gasteiger partial charge in [-0.25, -0.2) is 9.59 Å². The molecule has 1 aliphatic heterocycles. The number of carbonyl (C=O) groups excluding carboxylic acids is 2. The lowest BCUT2D eigenvalue weighted by atomic mass is 9.93. The molecule has 1 heterocycles. The molecule has 2 amide bonds. The molecule has 7 heteroatoms. The highest BCUT2D eigenvalue weighted by molar-refractivity contribution is 5.95. The Morgan fingerprint density at radius 2 is 1.96 bits per heavy atom. The maximum Gasteiger partial charge on any atom is 0.338 e. The first-order chi connectivity index (χ1) is 12.1. The van der Waals surface area contributed by atoms with E-state index in [0.29, 0.717) is 34.8 Å². The summed E-state index contributed by atoms with van der Waals surface area (Å²) in [5.74, 6) is 0.524. The molecule has 136 valence electrons. The maximum atomic E-state index is 12.6. The van der Waals surface area contributed by atoms with Crippen molar-refractivity contribution in [3.8, 4) is 11.5 Å². The summed E-state index contributed by atoms with van der Waals surface area (Å²) in [7, 11) is 3.05. The van der Waals surface area contributed by atoms with Crippen LogP contribution >= 0.6 is 0 Å². The summed E-state index contributed by atoms with van der Waals surface area (Å²) in [6.45, 7) is 3.97. The number of ether oxygens (including phenoxy) is 3. The number of para-hydroxylation sites is 1. The Morgan fingerprint density at radius 1 is 1.20 bits per heavy atom. The van der Waals surface area contributed by atoms with E-state index in [0.717, 1.165) is 6.42 Å². The van der Waals surface area contributed by atoms with Gasteiger partial charge in [-0.3, -0.25) is 0 Å². The van der Waals surface area contributed by atoms with Crippen molar-refractivity contribution in [2.75, 3.05) is 20.8 Å². The molecule has 1 aliphatic rings. The Bertz CT molecular complexity index is 684. The normalized spacial score (nSPS) is 16.8. The molecule has 0 saturated carbocycles. The molecule has 0 fully saturated rings. The summed E-state index contributed by atoms with van der Waals surface area (Å²) in [5, 5.41) is 5.52. The summed E-state index contributed by atoms with van der Waals surface area (Å²) < 4.78 is 16.0. The lowest BCUT2D eigenvalue weighted by Crippen LogP contribution is -2.46. The van der Waals surface area contributed by atoms with E-state index < -0.39 is 12.0 Å². The van der Waals surface area contributed by atoms with Crippen molar-refractivity contribution in [1.29, 1.82) is 0 Å². The molecule has 1 atom stereocenters. The molecular weight excluding hydrogens is 324 g/mol. The van der Waals surface area contributed by atoms with Crippen molar-refractivity contribution < 1.29 is 23.8 Å². The Hall–Kier alpha value is -2.70. The summed E-state index contributed by atoms with van der Waals surface area (Å²) in [5.41, 5.74) is 1.59. The van der Waals surface area contributed by atoms with Crippen LogP contribution < -0.4 is 20.1 Å². The van der Waals surface area contributed by atoms with Gasteiger partial charge in [-0.05, 0) is 19.4 Å². The first kappa shape index (κ1) is 18.6. The van der Waals surface area contributed by atoms with Crippen LogP contribution in [0.2, 0.25) is 0 Å². The smallest absolute Gasteiger partial charge is 0.338 e. The van der Waals surface area contributed by atoms with Gasteiger partial charge in [-0.15, -0.1) is 0 Å². The second-order valence-electron chi connectivity index (χ2n) is 5.48. The fourth-order valence-corrected chi connectivity index (χ4v) is 2.89. The van der Waals surface area contributed by atoms with Crippen molar-refractivity contribution in [3.05, 3.63) is 35.0 Å². The molecule has 0 unspecified atom stereocenters. The third-order valence-corrected chi connectivity index (χ3v) is 3.89. The van der Waals surface area contributed by atoms with Crippen LogP contribution in [0.3, 0.4) is 0 Å². The number of hydrogen-bond donors (Lipinski definition) is 2. The SMILES string of the molecule is CCCC1=C(C(=O)OCC)[C@H](c2cccc(OC)c2OC)NC(=O)N1. The van der Waals surface area contributed by atoms with Gasteiger partial charge in [0.1, 0.15) is 0 Å². The van der Waals surface area contributed by atoms with Crippen LogP contribution in [0.5, 0.6) is 11.5 Å². The summed E-state index contributed by atoms with van der Waals surface area (Å²) in [6, 6.07) is 4.28. The number of methoxy groups -OCH3 is 2. The number of amides is 2. The standard InChI is InChI=1S/C18H24N2O5/c1-5-8-12-14(17(21)25-6-2)15(20-18(22)19-12)11-9-7-10-13(23-3)16(11)24-4/h7,9-10,15H,5-6,8H2,1-4H3,(H2,19,20,22)/t15-/m0/s1. The highest BCUT2D eigenvalue weighted by Crippen LogP contribution is 2.39. The van der Waals surface area contributed by atoms with Crippen LogP contribution in [0.25, 0.3) is 0 Å². The molecule has 0 aliphatic carbocycles. The average molecular weight is 348 g/mol. The van der Waals surface area contributed by atoms with Crippen molar-refractivity contribution >= 4 is 12.0 Å². The highest BCUT2D eigenvalue weighted by atomic mass is 16.5. The van der Waals surface area contributed by atoms with E-state index in [-0.39, 0.29) is 12.6 Å². The molecule has 25 heavy (non-hydrogen) atoms. The zero-order chi connectivity index (χ0) is 18.4. The monoisotopic (exact) mass is 348 g/mol. The van der Waals surface area contributed by atoms with Gasteiger partial charge in [0.15, 0.2) is 11.5 Å². The van der Waals surface area contributed by atoms with Gasteiger partial charge in [0.05, 0.1) is 32.4 Å². The van der Waals surface area contributed by atoms with Gasteiger partial charge < -0.3 is 24.8 Å². The zero-order valence-electron chi connectivity index (χ0n) is 15.0. The van der Waals surface area contributed by atoms with Gasteiger partial charge >= 0.3 is 12.0 Å². The zero-order valence-corrected chi connectivity index (χ0v) is 15.0. The quantitative estimate of drug-likeness (QED) is 0.740. The van der Waals surface area contributed by atoms with E-state index in [1.54, 1.807) is 25.1 Å². The minimum absolute atomic E-state index is 0.248. The van der Waals surface area contributed by atoms with Crippen LogP contribution in [0.4, 0.5) is 4.79 Å². The number of esters is 1. The summed E-state index contributed by atoms with van der Waals surface area (Å²) in [6.07, 6.45) is 1.34. The molecule has 0 spiro atoms. The molecule has 0 radical (unpaired) electrons. The summed E-state index contributed by atoms with van der Waals surface area (Å²) >= 11 is 0. The average Bonchev–Trinajstić information content (AvgIpc) is 2.60. The number of allylic oxidation sites excluding steroid dienone is 1. The number of nitrogens with one attached hydrogen (secondary N) is 2. The second-order valence-corrected chi connectivity index (χ2v) is 5.48. The Balaban J connectivity index is 2.61. The number of rotatable bonds is 7. The molecule has 0 saturated heterocycles. The largest absolute Gasteiger partial charge is 0.493 e. The predicted octanol–water partition coefficient (Wildman–Crippen LogP) is 2.68. The predicted molar refractivity (Wildman–Crippen MR) is 92.5 cm³/mol. The van der Waals surface area contributed by atoms with Crippen molar-refractivity contribution in [2.45, 2.75) is 32.7 Å². The van der Waals surface area contributed by atoms with Gasteiger partial charge in [0, 0.05) is 11.3 Å². The topological polar surface area (TPSA) is 85.9 Å². The van der Waals surface area contributed by atoms with Crippen LogP contribution in [0, 0.1) is 0 Å². The molecule has 7 nitrogen and oxygen atoms in total. The molecule has 1 aromatic rings. The van der Waals surface area contributed by atoms with E-state index in [2.05, 4.69) is 10.6 Å². The first-order valence-electron chi connectivity index (χ1n) is 8.25. The van der Waals surface area contributed by atoms with Crippen LogP contribution in [-0.4, -0.2) is 32.8 Å². The van der Waals surface area contributed by atoms with E-state index in [1.807, 2.05) is 6.92 Å². The van der Waals surface area contributed by atoms with Crippen molar-refractivity contribution in [1.82, 2.24) is 10.6 Å². The molecule has 0 aromatic heterocycles. The van der Waals surface area contributed by atoms with Crippen LogP contribution in [0.1, 0.15) is 38.3 Å². The number of carbonyl (C=O) groups is 2. The van der Waals surface area contributed by atoms with E-state index in [9.17, 15) is 9.59 Å². The molecule has 0 bridgehead atoms. The third-order valence-electron chi connectivity index (χ3n) is 3.89. The third kappa shape index (κ3) is 3.87. The lowest BCUT2D eigenvalue weighted by molar-refractivity contribution is -0.139. The summed E-state index contributed by atoms with van der Waals surface area (Å²) in [4.78, 5) is 24.7. The molecule has 2 rings (SSSR count). The van der Waals surface area contributed by atoms with Crippen LogP contribution in [-0.2, 0) is 9.53 Å². The number of benzene rings is 1. The van der Waals surface area contributed by atoms with Crippen LogP contribution in [0.15, 0.2) is 29.5 Å². The number of urea groups is 1. The molecular formula is C18H24N2O5. The maximum absolute atomic E-state index is 12.6. The van der Waals surface area contributed by atoms with E-state index in [1.165, 1.54) is 14.2 Å². The molecule has 1 aromatic carbocycles. The van der Waals surface area contributed by atoms with Gasteiger partial charge in [-0.2, -0.15) is 0 Å². The second kappa shape index (κ2) is 8.41. The van der Waals surface area contributed by atoms with Gasteiger partial charge in [-0.1, -0.05) is 25.5 Å². The minimum atomic E-state index is -0.681. The molecule has 2 N–H and O–H groups in total. The fraction of sp³-hybridized carbons (Fsp3) is 0.444. The first-order valence-corrected chi connectivity index (χ1v) is 8.25. The van der Waals surface area contributed by atoms with Crippen molar-refractivity contribution in [3.63, 3.8) is 0 Å². The lowest BCUT2D eigenvalue weighted by Gasteiger charge is -2.30. The van der Waals surface area contributed by atoms with Gasteiger partial charge in [0.25, 0.3) is 0 Å². The minimum Gasteiger partial charge on any atom is -0.493 e. The fourth-order valence-electron chi connectivity index (χ4n) is 2.89. The Morgan fingerprint density at radius 3 is 2.56 bits per heavy atom. The Labute approximate surface area is 147 Å². The van der Waals surface area contributed by atoms with E-state index in [4.69, 9.17) is 14.2 Å². The number of hydrogen-bond acceptors (Lipinski definition) is 5.